The van der Waals surface area contributed by atoms with E-state index in [2.05, 4.69) is 5.73 Å². The zero-order valence-electron chi connectivity index (χ0n) is 11.3. The minimum absolute atomic E-state index is 0.116. The predicted octanol–water partition coefficient (Wildman–Crippen LogP) is 4.88. The lowest BCUT2D eigenvalue weighted by Crippen LogP contribution is -2.21. The third-order valence-corrected chi connectivity index (χ3v) is 3.43. The van der Waals surface area contributed by atoms with Gasteiger partial charge in [0.1, 0.15) is 0 Å². The molecule has 0 saturated carbocycles. The van der Waals surface area contributed by atoms with E-state index >= 15 is 0 Å². The molecule has 0 atom stereocenters. The number of alkyl halides is 4. The molecule has 6 heteroatoms. The van der Waals surface area contributed by atoms with Crippen LogP contribution in [0.2, 0.25) is 0 Å². The number of halogens is 4. The molecule has 0 unspecified atom stereocenters. The van der Waals surface area contributed by atoms with Gasteiger partial charge >= 0.3 is 11.7 Å². The molecular formula is C15H15F4NS. The molecule has 2 aromatic carbocycles. The summed E-state index contributed by atoms with van der Waals surface area (Å²) in [6.07, 6.45) is -3.67. The van der Waals surface area contributed by atoms with Crippen LogP contribution in [0.15, 0.2) is 59.5 Å². The SMILES string of the molecule is CN.FC(F)C(F)(F)Sc1ccc(-c2ccccc2)cc1. The Bertz CT molecular complexity index is 529. The van der Waals surface area contributed by atoms with Crippen molar-refractivity contribution in [1.82, 2.24) is 0 Å². The van der Waals surface area contributed by atoms with Gasteiger partial charge in [0.25, 0.3) is 0 Å². The van der Waals surface area contributed by atoms with E-state index < -0.39 is 11.7 Å². The van der Waals surface area contributed by atoms with Crippen LogP contribution < -0.4 is 5.73 Å². The quantitative estimate of drug-likeness (QED) is 0.642. The molecule has 114 valence electrons. The number of rotatable bonds is 4. The molecule has 0 aromatic heterocycles. The number of hydrogen-bond acceptors (Lipinski definition) is 2. The molecule has 0 bridgehead atoms. The van der Waals surface area contributed by atoms with Crippen molar-refractivity contribution >= 4 is 11.8 Å². The minimum Gasteiger partial charge on any atom is -0.333 e. The van der Waals surface area contributed by atoms with E-state index in [1.807, 2.05) is 30.3 Å². The molecule has 0 amide bonds. The van der Waals surface area contributed by atoms with Gasteiger partial charge < -0.3 is 5.73 Å². The Labute approximate surface area is 125 Å². The van der Waals surface area contributed by atoms with Crippen molar-refractivity contribution in [1.29, 1.82) is 0 Å². The van der Waals surface area contributed by atoms with Crippen LogP contribution in [0.3, 0.4) is 0 Å². The molecule has 2 aromatic rings. The predicted molar refractivity (Wildman–Crippen MR) is 78.8 cm³/mol. The van der Waals surface area contributed by atoms with Gasteiger partial charge in [0.15, 0.2) is 0 Å². The third-order valence-electron chi connectivity index (χ3n) is 2.47. The summed E-state index contributed by atoms with van der Waals surface area (Å²) in [6.45, 7) is 0. The zero-order chi connectivity index (χ0) is 15.9. The Morgan fingerprint density at radius 1 is 0.857 bits per heavy atom. The fourth-order valence-electron chi connectivity index (χ4n) is 1.55. The first kappa shape index (κ1) is 17.5. The van der Waals surface area contributed by atoms with Crippen molar-refractivity contribution in [2.24, 2.45) is 5.73 Å². The van der Waals surface area contributed by atoms with Gasteiger partial charge in [0.05, 0.1) is 0 Å². The van der Waals surface area contributed by atoms with E-state index in [9.17, 15) is 17.6 Å². The van der Waals surface area contributed by atoms with Crippen molar-refractivity contribution < 1.29 is 17.6 Å². The summed E-state index contributed by atoms with van der Waals surface area (Å²) >= 11 is -0.125. The molecule has 2 N–H and O–H groups in total. The van der Waals surface area contributed by atoms with Crippen LogP contribution in [-0.2, 0) is 0 Å². The van der Waals surface area contributed by atoms with Crippen LogP contribution in [0.5, 0.6) is 0 Å². The highest BCUT2D eigenvalue weighted by Gasteiger charge is 2.41. The molecule has 0 heterocycles. The summed E-state index contributed by atoms with van der Waals surface area (Å²) in [5.74, 6) is 0. The standard InChI is InChI=1S/C14H10F4S.CH5N/c15-13(16)14(17,18)19-12-8-6-11(7-9-12)10-4-2-1-3-5-10;1-2/h1-9,13H;2H2,1H3. The zero-order valence-corrected chi connectivity index (χ0v) is 12.1. The Morgan fingerprint density at radius 3 is 1.81 bits per heavy atom. The van der Waals surface area contributed by atoms with Crippen LogP contribution in [0, 0.1) is 0 Å². The molecular weight excluding hydrogens is 302 g/mol. The topological polar surface area (TPSA) is 26.0 Å². The second-order valence-electron chi connectivity index (χ2n) is 3.85. The average Bonchev–Trinajstić information content (AvgIpc) is 2.50. The van der Waals surface area contributed by atoms with Gasteiger partial charge in [-0.2, -0.15) is 8.78 Å². The second-order valence-corrected chi connectivity index (χ2v) is 5.07. The molecule has 21 heavy (non-hydrogen) atoms. The van der Waals surface area contributed by atoms with Crippen molar-refractivity contribution in [2.45, 2.75) is 16.6 Å². The normalized spacial score (nSPS) is 11.0. The summed E-state index contributed by atoms with van der Waals surface area (Å²) in [7, 11) is 1.50. The van der Waals surface area contributed by atoms with Crippen LogP contribution in [-0.4, -0.2) is 18.7 Å². The monoisotopic (exact) mass is 317 g/mol. The van der Waals surface area contributed by atoms with E-state index in [1.54, 1.807) is 12.1 Å². The first-order valence-corrected chi connectivity index (χ1v) is 6.89. The van der Waals surface area contributed by atoms with E-state index in [0.29, 0.717) is 0 Å². The molecule has 0 aliphatic rings. The van der Waals surface area contributed by atoms with Crippen LogP contribution in [0.4, 0.5) is 17.6 Å². The Hall–Kier alpha value is -1.53. The molecule has 0 radical (unpaired) electrons. The first-order valence-electron chi connectivity index (χ1n) is 6.07. The number of thioether (sulfide) groups is 1. The van der Waals surface area contributed by atoms with Gasteiger partial charge in [-0.1, -0.05) is 42.5 Å². The maximum atomic E-state index is 12.9. The van der Waals surface area contributed by atoms with Crippen LogP contribution in [0.1, 0.15) is 0 Å². The van der Waals surface area contributed by atoms with Gasteiger partial charge in [0, 0.05) is 4.90 Å². The molecule has 0 aliphatic carbocycles. The molecule has 0 aliphatic heterocycles. The molecule has 0 fully saturated rings. The minimum atomic E-state index is -4.06. The van der Waals surface area contributed by atoms with Crippen molar-refractivity contribution in [3.8, 4) is 11.1 Å². The Morgan fingerprint density at radius 2 is 1.33 bits per heavy atom. The van der Waals surface area contributed by atoms with Gasteiger partial charge in [-0.3, -0.25) is 0 Å². The Balaban J connectivity index is 0.00000106. The second kappa shape index (κ2) is 8.05. The summed E-state index contributed by atoms with van der Waals surface area (Å²) in [6, 6.07) is 15.5. The lowest BCUT2D eigenvalue weighted by molar-refractivity contribution is -0.0563. The van der Waals surface area contributed by atoms with Crippen molar-refractivity contribution in [2.75, 3.05) is 7.05 Å². The molecule has 1 nitrogen and oxygen atoms in total. The Kier molecular flexibility index (Phi) is 6.71. The smallest absolute Gasteiger partial charge is 0.333 e. The summed E-state index contributed by atoms with van der Waals surface area (Å²) in [4.78, 5) is 0.116. The largest absolute Gasteiger partial charge is 0.357 e. The van der Waals surface area contributed by atoms with Gasteiger partial charge in [-0.25, -0.2) is 8.78 Å². The average molecular weight is 317 g/mol. The van der Waals surface area contributed by atoms with Crippen LogP contribution >= 0.6 is 11.8 Å². The fraction of sp³-hybridized carbons (Fsp3) is 0.200. The van der Waals surface area contributed by atoms with Crippen LogP contribution in [0.25, 0.3) is 11.1 Å². The highest BCUT2D eigenvalue weighted by atomic mass is 32.2. The maximum Gasteiger partial charge on any atom is 0.357 e. The van der Waals surface area contributed by atoms with E-state index in [-0.39, 0.29) is 16.7 Å². The number of hydrogen-bond donors (Lipinski definition) is 1. The molecule has 0 saturated heterocycles. The van der Waals surface area contributed by atoms with E-state index in [0.717, 1.165) is 11.1 Å². The van der Waals surface area contributed by atoms with Gasteiger partial charge in [-0.05, 0) is 42.1 Å². The summed E-state index contributed by atoms with van der Waals surface area (Å²) < 4.78 is 49.9. The van der Waals surface area contributed by atoms with E-state index in [1.165, 1.54) is 19.2 Å². The lowest BCUT2D eigenvalue weighted by atomic mass is 10.1. The summed E-state index contributed by atoms with van der Waals surface area (Å²) in [5, 5.41) is -4.06. The van der Waals surface area contributed by atoms with Crippen molar-refractivity contribution in [3.63, 3.8) is 0 Å². The van der Waals surface area contributed by atoms with Crippen molar-refractivity contribution in [3.05, 3.63) is 54.6 Å². The van der Waals surface area contributed by atoms with E-state index in [4.69, 9.17) is 0 Å². The number of benzene rings is 2. The maximum absolute atomic E-state index is 12.9. The highest BCUT2D eigenvalue weighted by molar-refractivity contribution is 8.00. The first-order chi connectivity index (χ1) is 9.99. The third kappa shape index (κ3) is 5.06. The molecule has 0 spiro atoms. The lowest BCUT2D eigenvalue weighted by Gasteiger charge is -2.14. The number of nitrogens with two attached hydrogens (primary N) is 1. The van der Waals surface area contributed by atoms with Gasteiger partial charge in [0.2, 0.25) is 0 Å². The van der Waals surface area contributed by atoms with Gasteiger partial charge in [-0.15, -0.1) is 0 Å². The molecule has 2 rings (SSSR count). The fourth-order valence-corrected chi connectivity index (χ4v) is 2.22. The highest BCUT2D eigenvalue weighted by Crippen LogP contribution is 2.40. The summed E-state index contributed by atoms with van der Waals surface area (Å²) in [5.41, 5.74) is 6.30.